The Hall–Kier alpha value is -6.76. The van der Waals surface area contributed by atoms with Gasteiger partial charge in [-0.05, 0) is 123 Å². The molecule has 0 nitrogen and oxygen atoms in total. The second kappa shape index (κ2) is 12.5. The second-order valence-corrected chi connectivity index (χ2v) is 13.7. The Bertz CT molecular complexity index is 2880. The molecule has 0 saturated heterocycles. The zero-order chi connectivity index (χ0) is 34.4. The maximum Gasteiger partial charge on any atom is -0.00262 e. The molecule has 0 amide bonds. The number of benzene rings is 10. The lowest BCUT2D eigenvalue weighted by molar-refractivity contribution is 1.59. The number of hydrogen-bond donors (Lipinski definition) is 0. The Balaban J connectivity index is 1.03. The highest BCUT2D eigenvalue weighted by molar-refractivity contribution is 6.21. The van der Waals surface area contributed by atoms with Crippen molar-refractivity contribution in [2.45, 2.75) is 0 Å². The first-order valence-electron chi connectivity index (χ1n) is 18.0. The molecular weight excluding hydrogens is 625 g/mol. The third-order valence-electron chi connectivity index (χ3n) is 10.6. The van der Waals surface area contributed by atoms with E-state index in [-0.39, 0.29) is 0 Å². The predicted molar refractivity (Wildman–Crippen MR) is 224 cm³/mol. The van der Waals surface area contributed by atoms with E-state index in [1.807, 2.05) is 0 Å². The Morgan fingerprint density at radius 2 is 0.519 bits per heavy atom. The fourth-order valence-electron chi connectivity index (χ4n) is 8.13. The second-order valence-electron chi connectivity index (χ2n) is 13.7. The largest absolute Gasteiger partial charge is 0.0622 e. The molecule has 0 heterocycles. The van der Waals surface area contributed by atoms with Crippen molar-refractivity contribution in [1.82, 2.24) is 0 Å². The van der Waals surface area contributed by atoms with Gasteiger partial charge in [-0.2, -0.15) is 0 Å². The van der Waals surface area contributed by atoms with Crippen LogP contribution in [0.4, 0.5) is 0 Å². The Labute approximate surface area is 303 Å². The Kier molecular flexibility index (Phi) is 7.25. The molecule has 10 aromatic carbocycles. The van der Waals surface area contributed by atoms with Gasteiger partial charge in [0.05, 0.1) is 0 Å². The summed E-state index contributed by atoms with van der Waals surface area (Å²) in [4.78, 5) is 0. The SMILES string of the molecule is c1ccc(-c2ccccc2-c2ccc3cc(-c4ccc5cc(-c6c7ccccc7c(-c7ccccc7)c7ccccc67)ccc5c4)ccc3c2)cc1. The van der Waals surface area contributed by atoms with Crippen molar-refractivity contribution < 1.29 is 0 Å². The van der Waals surface area contributed by atoms with Crippen molar-refractivity contribution in [1.29, 1.82) is 0 Å². The van der Waals surface area contributed by atoms with Crippen LogP contribution in [0.25, 0.3) is 98.7 Å². The molecule has 0 spiro atoms. The van der Waals surface area contributed by atoms with Crippen LogP contribution in [0, 0.1) is 0 Å². The average molecular weight is 659 g/mol. The fraction of sp³-hybridized carbons (Fsp3) is 0. The summed E-state index contributed by atoms with van der Waals surface area (Å²) in [5.74, 6) is 0. The van der Waals surface area contributed by atoms with Crippen LogP contribution in [0.3, 0.4) is 0 Å². The molecule has 0 saturated carbocycles. The summed E-state index contributed by atoms with van der Waals surface area (Å²) in [6.45, 7) is 0. The van der Waals surface area contributed by atoms with Crippen LogP contribution in [-0.4, -0.2) is 0 Å². The first-order valence-corrected chi connectivity index (χ1v) is 18.0. The highest BCUT2D eigenvalue weighted by Gasteiger charge is 2.17. The minimum Gasteiger partial charge on any atom is -0.0622 e. The predicted octanol–water partition coefficient (Wildman–Crippen LogP) is 14.6. The van der Waals surface area contributed by atoms with E-state index in [4.69, 9.17) is 0 Å². The number of fused-ring (bicyclic) bond motifs is 4. The normalized spacial score (nSPS) is 11.5. The quantitative estimate of drug-likeness (QED) is 0.161. The van der Waals surface area contributed by atoms with Crippen LogP contribution in [-0.2, 0) is 0 Å². The highest BCUT2D eigenvalue weighted by Crippen LogP contribution is 2.44. The molecule has 52 heavy (non-hydrogen) atoms. The third-order valence-corrected chi connectivity index (χ3v) is 10.6. The summed E-state index contributed by atoms with van der Waals surface area (Å²) >= 11 is 0. The molecule has 0 N–H and O–H groups in total. The van der Waals surface area contributed by atoms with Gasteiger partial charge in [-0.1, -0.05) is 182 Å². The fourth-order valence-corrected chi connectivity index (χ4v) is 8.13. The van der Waals surface area contributed by atoms with E-state index >= 15 is 0 Å². The summed E-state index contributed by atoms with van der Waals surface area (Å²) in [5, 5.41) is 10.1. The van der Waals surface area contributed by atoms with E-state index in [0.29, 0.717) is 0 Å². The average Bonchev–Trinajstić information content (AvgIpc) is 3.22. The molecule has 0 bridgehead atoms. The van der Waals surface area contributed by atoms with E-state index in [1.165, 1.54) is 98.7 Å². The van der Waals surface area contributed by atoms with Crippen molar-refractivity contribution in [3.8, 4) is 55.6 Å². The molecule has 0 atom stereocenters. The first kappa shape index (κ1) is 30.1. The lowest BCUT2D eigenvalue weighted by Gasteiger charge is -2.18. The van der Waals surface area contributed by atoms with Gasteiger partial charge in [0.2, 0.25) is 0 Å². The van der Waals surface area contributed by atoms with Gasteiger partial charge in [-0.15, -0.1) is 0 Å². The molecule has 10 rings (SSSR count). The molecule has 0 aliphatic heterocycles. The minimum absolute atomic E-state index is 1.23. The lowest BCUT2D eigenvalue weighted by atomic mass is 9.85. The molecule has 0 heteroatoms. The highest BCUT2D eigenvalue weighted by atomic mass is 14.2. The van der Waals surface area contributed by atoms with Gasteiger partial charge in [0.1, 0.15) is 0 Å². The van der Waals surface area contributed by atoms with Crippen LogP contribution >= 0.6 is 0 Å². The van der Waals surface area contributed by atoms with Gasteiger partial charge in [-0.3, -0.25) is 0 Å². The van der Waals surface area contributed by atoms with Crippen molar-refractivity contribution >= 4 is 43.1 Å². The maximum atomic E-state index is 2.37. The molecule has 0 aliphatic carbocycles. The van der Waals surface area contributed by atoms with Crippen LogP contribution in [0.5, 0.6) is 0 Å². The van der Waals surface area contributed by atoms with Gasteiger partial charge < -0.3 is 0 Å². The smallest absolute Gasteiger partial charge is 0.00262 e. The standard InChI is InChI=1S/C52H34/c1-3-13-35(14-4-1)45-17-7-8-18-46(45)43-29-27-39-31-37(23-25-41(39)33-43)38-24-26-42-34-44(30-28-40(42)32-38)52-49-21-11-9-19-47(49)51(36-15-5-2-6-16-36)48-20-10-12-22-50(48)52/h1-34H. The van der Waals surface area contributed by atoms with E-state index in [0.717, 1.165) is 0 Å². The molecular formula is C52H34. The van der Waals surface area contributed by atoms with Gasteiger partial charge in [0, 0.05) is 0 Å². The van der Waals surface area contributed by atoms with Crippen LogP contribution < -0.4 is 0 Å². The zero-order valence-electron chi connectivity index (χ0n) is 28.6. The molecule has 0 unspecified atom stereocenters. The molecule has 0 aromatic heterocycles. The van der Waals surface area contributed by atoms with Gasteiger partial charge >= 0.3 is 0 Å². The minimum atomic E-state index is 1.23. The van der Waals surface area contributed by atoms with Gasteiger partial charge in [-0.25, -0.2) is 0 Å². The summed E-state index contributed by atoms with van der Waals surface area (Å²) < 4.78 is 0. The van der Waals surface area contributed by atoms with Crippen molar-refractivity contribution in [3.63, 3.8) is 0 Å². The summed E-state index contributed by atoms with van der Waals surface area (Å²) in [5.41, 5.74) is 12.5. The van der Waals surface area contributed by atoms with E-state index in [2.05, 4.69) is 206 Å². The maximum absolute atomic E-state index is 2.37. The van der Waals surface area contributed by atoms with E-state index in [9.17, 15) is 0 Å². The van der Waals surface area contributed by atoms with E-state index < -0.39 is 0 Å². The first-order chi connectivity index (χ1) is 25.8. The van der Waals surface area contributed by atoms with Gasteiger partial charge in [0.25, 0.3) is 0 Å². The topological polar surface area (TPSA) is 0 Å². The lowest BCUT2D eigenvalue weighted by Crippen LogP contribution is -1.90. The van der Waals surface area contributed by atoms with Crippen LogP contribution in [0.15, 0.2) is 206 Å². The van der Waals surface area contributed by atoms with Crippen molar-refractivity contribution in [2.24, 2.45) is 0 Å². The third kappa shape index (κ3) is 5.16. The van der Waals surface area contributed by atoms with Crippen LogP contribution in [0.1, 0.15) is 0 Å². The molecule has 242 valence electrons. The van der Waals surface area contributed by atoms with Crippen molar-refractivity contribution in [2.75, 3.05) is 0 Å². The molecule has 0 fully saturated rings. The summed E-state index contributed by atoms with van der Waals surface area (Å²) in [6.07, 6.45) is 0. The number of rotatable bonds is 5. The van der Waals surface area contributed by atoms with Crippen molar-refractivity contribution in [3.05, 3.63) is 206 Å². The summed E-state index contributed by atoms with van der Waals surface area (Å²) in [7, 11) is 0. The molecule has 10 aromatic rings. The van der Waals surface area contributed by atoms with Crippen LogP contribution in [0.2, 0.25) is 0 Å². The Morgan fingerprint density at radius 1 is 0.192 bits per heavy atom. The number of hydrogen-bond acceptors (Lipinski definition) is 0. The van der Waals surface area contributed by atoms with Gasteiger partial charge in [0.15, 0.2) is 0 Å². The molecule has 0 radical (unpaired) electrons. The monoisotopic (exact) mass is 658 g/mol. The Morgan fingerprint density at radius 3 is 1.02 bits per heavy atom. The van der Waals surface area contributed by atoms with E-state index in [1.54, 1.807) is 0 Å². The zero-order valence-corrected chi connectivity index (χ0v) is 28.6. The summed E-state index contributed by atoms with van der Waals surface area (Å²) in [6, 6.07) is 75.4. The molecule has 0 aliphatic rings.